The number of pyridine rings is 1. The highest BCUT2D eigenvalue weighted by Gasteiger charge is 2.30. The molecule has 6 heteroatoms. The summed E-state index contributed by atoms with van der Waals surface area (Å²) in [4.78, 5) is 8.68. The predicted molar refractivity (Wildman–Crippen MR) is 123 cm³/mol. The molecule has 0 aliphatic carbocycles. The summed E-state index contributed by atoms with van der Waals surface area (Å²) in [6.45, 7) is 11.4. The number of piperazine rings is 1. The minimum atomic E-state index is -4.31. The molecule has 1 aliphatic rings. The Balaban J connectivity index is 1.50. The Kier molecular flexibility index (Phi) is 5.96. The number of anilines is 1. The highest BCUT2D eigenvalue weighted by molar-refractivity contribution is 5.80. The van der Waals surface area contributed by atoms with Crippen molar-refractivity contribution in [2.75, 3.05) is 31.1 Å². The summed E-state index contributed by atoms with van der Waals surface area (Å²) in [7, 11) is 0. The zero-order valence-corrected chi connectivity index (χ0v) is 18.3. The number of aryl methyl sites for hydroxylation is 2. The van der Waals surface area contributed by atoms with Crippen molar-refractivity contribution >= 4 is 11.4 Å². The van der Waals surface area contributed by atoms with Crippen LogP contribution in [0, 0.1) is 13.8 Å². The quantitative estimate of drug-likeness (QED) is 0.486. The van der Waals surface area contributed by atoms with Crippen LogP contribution in [0.4, 0.5) is 18.9 Å². The number of rotatable bonds is 4. The van der Waals surface area contributed by atoms with E-state index in [2.05, 4.69) is 52.6 Å². The van der Waals surface area contributed by atoms with Gasteiger partial charge in [0.25, 0.3) is 0 Å². The number of hydrogen-bond donors (Lipinski definition) is 0. The third kappa shape index (κ3) is 4.64. The maximum atomic E-state index is 12.8. The summed E-state index contributed by atoms with van der Waals surface area (Å²) in [5.41, 5.74) is 6.61. The van der Waals surface area contributed by atoms with E-state index in [0.717, 1.165) is 72.1 Å². The first-order valence-corrected chi connectivity index (χ1v) is 10.6. The number of hydrogen-bond acceptors (Lipinski definition) is 3. The lowest BCUT2D eigenvalue weighted by Crippen LogP contribution is -2.45. The van der Waals surface area contributed by atoms with Gasteiger partial charge >= 0.3 is 6.18 Å². The van der Waals surface area contributed by atoms with Gasteiger partial charge in [-0.2, -0.15) is 13.2 Å². The Morgan fingerprint density at radius 1 is 0.906 bits per heavy atom. The van der Waals surface area contributed by atoms with Crippen LogP contribution >= 0.6 is 0 Å². The van der Waals surface area contributed by atoms with E-state index in [0.29, 0.717) is 0 Å². The van der Waals surface area contributed by atoms with Crippen molar-refractivity contribution < 1.29 is 13.2 Å². The lowest BCUT2D eigenvalue weighted by molar-refractivity contribution is -0.137. The molecule has 3 nitrogen and oxygen atoms in total. The molecule has 1 saturated heterocycles. The summed E-state index contributed by atoms with van der Waals surface area (Å²) in [5.74, 6) is 0. The zero-order chi connectivity index (χ0) is 22.9. The maximum Gasteiger partial charge on any atom is 0.416 e. The van der Waals surface area contributed by atoms with Crippen molar-refractivity contribution in [1.29, 1.82) is 0 Å². The van der Waals surface area contributed by atoms with Gasteiger partial charge in [-0.05, 0) is 67.4 Å². The van der Waals surface area contributed by atoms with E-state index in [-0.39, 0.29) is 0 Å². The van der Waals surface area contributed by atoms with Crippen molar-refractivity contribution in [3.63, 3.8) is 0 Å². The first-order chi connectivity index (χ1) is 15.2. The molecule has 2 heterocycles. The molecule has 0 radical (unpaired) electrons. The topological polar surface area (TPSA) is 19.4 Å². The fourth-order valence-corrected chi connectivity index (χ4v) is 4.13. The molecule has 0 amide bonds. The molecule has 2 aromatic carbocycles. The lowest BCUT2D eigenvalue weighted by Gasteiger charge is -2.38. The van der Waals surface area contributed by atoms with Gasteiger partial charge in [-0.1, -0.05) is 24.3 Å². The number of benzene rings is 2. The number of alkyl halides is 3. The number of nitrogens with zero attached hydrogens (tertiary/aromatic N) is 3. The summed E-state index contributed by atoms with van der Waals surface area (Å²) in [6, 6.07) is 15.9. The molecular weight excluding hydrogens is 411 g/mol. The molecule has 0 unspecified atom stereocenters. The van der Waals surface area contributed by atoms with E-state index in [1.165, 1.54) is 5.56 Å². The van der Waals surface area contributed by atoms with Crippen LogP contribution in [-0.2, 0) is 6.18 Å². The molecule has 166 valence electrons. The Hall–Kier alpha value is -3.28. The molecule has 0 atom stereocenters. The van der Waals surface area contributed by atoms with Gasteiger partial charge in [0, 0.05) is 55.0 Å². The SMILES string of the molecule is C=C(c1cc(C)ccc1-c1ccnc(C)c1)N1CCN(c2ccc(C(F)(F)F)cc2)CC1. The van der Waals surface area contributed by atoms with Crippen LogP contribution in [0.5, 0.6) is 0 Å². The number of halogens is 3. The first kappa shape index (κ1) is 21.9. The van der Waals surface area contributed by atoms with Crippen molar-refractivity contribution in [3.05, 3.63) is 89.8 Å². The average molecular weight is 438 g/mol. The molecule has 4 rings (SSSR count). The second kappa shape index (κ2) is 8.69. The molecule has 0 saturated carbocycles. The van der Waals surface area contributed by atoms with Gasteiger partial charge in [0.1, 0.15) is 0 Å². The Labute approximate surface area is 186 Å². The van der Waals surface area contributed by atoms with Gasteiger partial charge < -0.3 is 9.80 Å². The molecule has 0 bridgehead atoms. The fraction of sp³-hybridized carbons (Fsp3) is 0.269. The highest BCUT2D eigenvalue weighted by Crippen LogP contribution is 2.33. The predicted octanol–water partition coefficient (Wildman–Crippen LogP) is 6.18. The molecule has 1 fully saturated rings. The summed E-state index contributed by atoms with van der Waals surface area (Å²) in [6.07, 6.45) is -2.49. The van der Waals surface area contributed by atoms with Crippen LogP contribution in [0.3, 0.4) is 0 Å². The van der Waals surface area contributed by atoms with E-state index < -0.39 is 11.7 Å². The average Bonchev–Trinajstić information content (AvgIpc) is 2.78. The van der Waals surface area contributed by atoms with E-state index in [1.54, 1.807) is 12.1 Å². The van der Waals surface area contributed by atoms with Crippen LogP contribution in [0.15, 0.2) is 67.4 Å². The van der Waals surface area contributed by atoms with Crippen LogP contribution < -0.4 is 4.90 Å². The van der Waals surface area contributed by atoms with Gasteiger partial charge in [-0.3, -0.25) is 4.98 Å². The van der Waals surface area contributed by atoms with Crippen molar-refractivity contribution in [3.8, 4) is 11.1 Å². The standard InChI is InChI=1S/C26H26F3N3/c1-18-4-9-24(21-10-11-30-19(2)17-21)25(16-18)20(3)31-12-14-32(15-13-31)23-7-5-22(6-8-23)26(27,28)29/h4-11,16-17H,3,12-15H2,1-2H3. The molecule has 32 heavy (non-hydrogen) atoms. The van der Waals surface area contributed by atoms with Crippen LogP contribution in [0.2, 0.25) is 0 Å². The summed E-state index contributed by atoms with van der Waals surface area (Å²) < 4.78 is 38.5. The zero-order valence-electron chi connectivity index (χ0n) is 18.3. The minimum Gasteiger partial charge on any atom is -0.368 e. The Bertz CT molecular complexity index is 1110. The van der Waals surface area contributed by atoms with Gasteiger partial charge in [-0.25, -0.2) is 0 Å². The molecule has 0 spiro atoms. The monoisotopic (exact) mass is 437 g/mol. The van der Waals surface area contributed by atoms with Crippen LogP contribution in [0.25, 0.3) is 16.8 Å². The smallest absolute Gasteiger partial charge is 0.368 e. The third-order valence-electron chi connectivity index (χ3n) is 5.91. The van der Waals surface area contributed by atoms with Gasteiger partial charge in [0.15, 0.2) is 0 Å². The minimum absolute atomic E-state index is 0.619. The number of aromatic nitrogens is 1. The maximum absolute atomic E-state index is 12.8. The van der Waals surface area contributed by atoms with Gasteiger partial charge in [0.2, 0.25) is 0 Å². The van der Waals surface area contributed by atoms with E-state index in [4.69, 9.17) is 0 Å². The van der Waals surface area contributed by atoms with E-state index in [9.17, 15) is 13.2 Å². The molecule has 3 aromatic rings. The largest absolute Gasteiger partial charge is 0.416 e. The molecule has 1 aromatic heterocycles. The normalized spacial score (nSPS) is 14.5. The first-order valence-electron chi connectivity index (χ1n) is 10.6. The summed E-state index contributed by atoms with van der Waals surface area (Å²) in [5, 5.41) is 0. The summed E-state index contributed by atoms with van der Waals surface area (Å²) >= 11 is 0. The lowest BCUT2D eigenvalue weighted by atomic mass is 9.95. The fourth-order valence-electron chi connectivity index (χ4n) is 4.13. The molecular formula is C26H26F3N3. The third-order valence-corrected chi connectivity index (χ3v) is 5.91. The van der Waals surface area contributed by atoms with Crippen LogP contribution in [-0.4, -0.2) is 36.1 Å². The Morgan fingerprint density at radius 2 is 1.59 bits per heavy atom. The van der Waals surface area contributed by atoms with Gasteiger partial charge in [-0.15, -0.1) is 0 Å². The van der Waals surface area contributed by atoms with E-state index in [1.807, 2.05) is 19.2 Å². The van der Waals surface area contributed by atoms with Crippen LogP contribution in [0.1, 0.15) is 22.4 Å². The second-order valence-electron chi connectivity index (χ2n) is 8.20. The molecule has 1 aliphatic heterocycles. The second-order valence-corrected chi connectivity index (χ2v) is 8.20. The highest BCUT2D eigenvalue weighted by atomic mass is 19.4. The van der Waals surface area contributed by atoms with Crippen molar-refractivity contribution in [2.45, 2.75) is 20.0 Å². The Morgan fingerprint density at radius 3 is 2.22 bits per heavy atom. The van der Waals surface area contributed by atoms with Gasteiger partial charge in [0.05, 0.1) is 5.56 Å². The molecule has 0 N–H and O–H groups in total. The van der Waals surface area contributed by atoms with E-state index >= 15 is 0 Å². The van der Waals surface area contributed by atoms with Crippen molar-refractivity contribution in [1.82, 2.24) is 9.88 Å². The van der Waals surface area contributed by atoms with Crippen molar-refractivity contribution in [2.24, 2.45) is 0 Å².